The minimum Gasteiger partial charge on any atom is -0.465 e. The summed E-state index contributed by atoms with van der Waals surface area (Å²) in [5.74, 6) is -1.31. The van der Waals surface area contributed by atoms with Gasteiger partial charge in [0.25, 0.3) is 0 Å². The largest absolute Gasteiger partial charge is 0.465 e. The summed E-state index contributed by atoms with van der Waals surface area (Å²) in [6, 6.07) is 6.46. The van der Waals surface area contributed by atoms with E-state index in [0.717, 1.165) is 0 Å². The number of carbonyl (C=O) groups is 2. The third-order valence-electron chi connectivity index (χ3n) is 3.10. The molecule has 0 saturated carbocycles. The highest BCUT2D eigenvalue weighted by Crippen LogP contribution is 2.32. The first-order chi connectivity index (χ1) is 10.0. The highest BCUT2D eigenvalue weighted by Gasteiger charge is 2.49. The predicted octanol–water partition coefficient (Wildman–Crippen LogP) is 2.05. The fourth-order valence-electron chi connectivity index (χ4n) is 2.13. The van der Waals surface area contributed by atoms with Crippen molar-refractivity contribution in [1.29, 1.82) is 0 Å². The van der Waals surface area contributed by atoms with Crippen molar-refractivity contribution in [3.63, 3.8) is 0 Å². The number of nitrogens with two attached hydrogens (primary N) is 1. The van der Waals surface area contributed by atoms with Gasteiger partial charge in [0.1, 0.15) is 0 Å². The predicted molar refractivity (Wildman–Crippen MR) is 80.1 cm³/mol. The van der Waals surface area contributed by atoms with E-state index in [0.29, 0.717) is 10.6 Å². The second-order valence-corrected chi connectivity index (χ2v) is 4.83. The van der Waals surface area contributed by atoms with Gasteiger partial charge in [0.2, 0.25) is 0 Å². The first-order valence-corrected chi connectivity index (χ1v) is 7.21. The lowest BCUT2D eigenvalue weighted by atomic mass is 9.77. The Morgan fingerprint density at radius 2 is 1.57 bits per heavy atom. The zero-order chi connectivity index (χ0) is 15.9. The summed E-state index contributed by atoms with van der Waals surface area (Å²) in [6.07, 6.45) is 0.103. The zero-order valence-corrected chi connectivity index (χ0v) is 13.0. The Hall–Kier alpha value is -1.59. The molecule has 0 heterocycles. The Bertz CT molecular complexity index is 469. The molecule has 0 spiro atoms. The summed E-state index contributed by atoms with van der Waals surface area (Å²) in [5, 5.41) is 0.508. The molecule has 6 heteroatoms. The summed E-state index contributed by atoms with van der Waals surface area (Å²) in [5.41, 5.74) is 4.52. The lowest BCUT2D eigenvalue weighted by molar-refractivity contribution is -0.165. The molecule has 21 heavy (non-hydrogen) atoms. The smallest absolute Gasteiger partial charge is 0.328 e. The molecule has 2 N–H and O–H groups in total. The van der Waals surface area contributed by atoms with Crippen molar-refractivity contribution >= 4 is 23.5 Å². The molecule has 0 bridgehead atoms. The molecule has 0 aliphatic heterocycles. The quantitative estimate of drug-likeness (QED) is 0.615. The molecule has 1 aromatic rings. The van der Waals surface area contributed by atoms with Crippen LogP contribution in [0.5, 0.6) is 0 Å². The molecule has 0 aliphatic carbocycles. The fraction of sp³-hybridized carbons (Fsp3) is 0.467. The molecule has 0 atom stereocenters. The number of hydrogen-bond donors (Lipinski definition) is 1. The molecule has 0 aliphatic rings. The second-order valence-electron chi connectivity index (χ2n) is 4.39. The topological polar surface area (TPSA) is 78.6 Å². The van der Waals surface area contributed by atoms with E-state index in [2.05, 4.69) is 0 Å². The molecular weight excluding hydrogens is 294 g/mol. The fourth-order valence-corrected chi connectivity index (χ4v) is 2.25. The van der Waals surface area contributed by atoms with Gasteiger partial charge in [0.05, 0.1) is 13.2 Å². The van der Waals surface area contributed by atoms with Crippen molar-refractivity contribution in [1.82, 2.24) is 0 Å². The lowest BCUT2D eigenvalue weighted by Gasteiger charge is -2.29. The van der Waals surface area contributed by atoms with Crippen molar-refractivity contribution < 1.29 is 19.1 Å². The molecular formula is C15H20ClNO4. The van der Waals surface area contributed by atoms with Gasteiger partial charge >= 0.3 is 11.9 Å². The number of benzene rings is 1. The second kappa shape index (κ2) is 8.00. The van der Waals surface area contributed by atoms with Crippen LogP contribution in [-0.4, -0.2) is 31.7 Å². The number of hydrogen-bond acceptors (Lipinski definition) is 5. The van der Waals surface area contributed by atoms with Gasteiger partial charge in [0, 0.05) is 5.02 Å². The first kappa shape index (κ1) is 17.5. The molecule has 0 amide bonds. The standard InChI is InChI=1S/C15H20ClNO4/c1-3-20-13(18)15(9-10-17,14(19)21-4-2)11-5-7-12(16)8-6-11/h5-8H,3-4,9-10,17H2,1-2H3. The minimum absolute atomic E-state index is 0.103. The Balaban J connectivity index is 3.38. The van der Waals surface area contributed by atoms with Crippen LogP contribution in [0.4, 0.5) is 0 Å². The zero-order valence-electron chi connectivity index (χ0n) is 12.2. The molecule has 1 rings (SSSR count). The number of ether oxygens (including phenoxy) is 2. The van der Waals surface area contributed by atoms with Crippen LogP contribution < -0.4 is 5.73 Å². The van der Waals surface area contributed by atoms with Crippen molar-refractivity contribution in [3.05, 3.63) is 34.9 Å². The number of carbonyl (C=O) groups excluding carboxylic acids is 2. The molecule has 0 fully saturated rings. The molecule has 1 aromatic carbocycles. The summed E-state index contributed by atoms with van der Waals surface area (Å²) in [6.45, 7) is 3.83. The van der Waals surface area contributed by atoms with Crippen LogP contribution in [0.25, 0.3) is 0 Å². The number of halogens is 1. The monoisotopic (exact) mass is 313 g/mol. The van der Waals surface area contributed by atoms with E-state index >= 15 is 0 Å². The average Bonchev–Trinajstić information content (AvgIpc) is 2.46. The van der Waals surface area contributed by atoms with Crippen molar-refractivity contribution in [2.75, 3.05) is 19.8 Å². The van der Waals surface area contributed by atoms with Gasteiger partial charge in [-0.3, -0.25) is 9.59 Å². The number of rotatable bonds is 7. The van der Waals surface area contributed by atoms with E-state index in [4.69, 9.17) is 26.8 Å². The summed E-state index contributed by atoms with van der Waals surface area (Å²) in [4.78, 5) is 24.9. The number of esters is 2. The third kappa shape index (κ3) is 3.74. The van der Waals surface area contributed by atoms with Crippen molar-refractivity contribution in [3.8, 4) is 0 Å². The highest BCUT2D eigenvalue weighted by molar-refractivity contribution is 6.30. The average molecular weight is 314 g/mol. The molecule has 0 unspecified atom stereocenters. The Labute approximate surface area is 129 Å². The Kier molecular flexibility index (Phi) is 6.65. The summed E-state index contributed by atoms with van der Waals surface area (Å²) < 4.78 is 10.2. The maximum absolute atomic E-state index is 12.4. The van der Waals surface area contributed by atoms with Crippen LogP contribution in [0.3, 0.4) is 0 Å². The van der Waals surface area contributed by atoms with Crippen LogP contribution in [-0.2, 0) is 24.5 Å². The van der Waals surface area contributed by atoms with E-state index in [1.54, 1.807) is 38.1 Å². The summed E-state index contributed by atoms with van der Waals surface area (Å²) >= 11 is 5.86. The normalized spacial score (nSPS) is 11.0. The van der Waals surface area contributed by atoms with Gasteiger partial charge in [0.15, 0.2) is 5.41 Å². The van der Waals surface area contributed by atoms with E-state index < -0.39 is 17.4 Å². The highest BCUT2D eigenvalue weighted by atomic mass is 35.5. The van der Waals surface area contributed by atoms with Gasteiger partial charge in [-0.05, 0) is 44.5 Å². The van der Waals surface area contributed by atoms with Gasteiger partial charge < -0.3 is 15.2 Å². The Morgan fingerprint density at radius 1 is 1.10 bits per heavy atom. The third-order valence-corrected chi connectivity index (χ3v) is 3.36. The van der Waals surface area contributed by atoms with Gasteiger partial charge in [-0.1, -0.05) is 23.7 Å². The van der Waals surface area contributed by atoms with Gasteiger partial charge in [-0.25, -0.2) is 0 Å². The van der Waals surface area contributed by atoms with E-state index in [-0.39, 0.29) is 26.2 Å². The maximum atomic E-state index is 12.4. The molecule has 116 valence electrons. The molecule has 5 nitrogen and oxygen atoms in total. The van der Waals surface area contributed by atoms with Crippen LogP contribution in [0.1, 0.15) is 25.8 Å². The first-order valence-electron chi connectivity index (χ1n) is 6.83. The molecule has 0 radical (unpaired) electrons. The van der Waals surface area contributed by atoms with E-state index in [9.17, 15) is 9.59 Å². The Morgan fingerprint density at radius 3 is 1.95 bits per heavy atom. The minimum atomic E-state index is -1.55. The summed E-state index contributed by atoms with van der Waals surface area (Å²) in [7, 11) is 0. The molecule has 0 saturated heterocycles. The maximum Gasteiger partial charge on any atom is 0.328 e. The van der Waals surface area contributed by atoms with Gasteiger partial charge in [-0.2, -0.15) is 0 Å². The SMILES string of the molecule is CCOC(=O)C(CCN)(C(=O)OCC)c1ccc(Cl)cc1. The van der Waals surface area contributed by atoms with E-state index in [1.807, 2.05) is 0 Å². The molecule has 0 aromatic heterocycles. The lowest BCUT2D eigenvalue weighted by Crippen LogP contribution is -2.47. The van der Waals surface area contributed by atoms with Crippen LogP contribution >= 0.6 is 11.6 Å². The van der Waals surface area contributed by atoms with E-state index in [1.165, 1.54) is 0 Å². The van der Waals surface area contributed by atoms with Crippen LogP contribution in [0, 0.1) is 0 Å². The van der Waals surface area contributed by atoms with Gasteiger partial charge in [-0.15, -0.1) is 0 Å². The van der Waals surface area contributed by atoms with Crippen molar-refractivity contribution in [2.45, 2.75) is 25.7 Å². The van der Waals surface area contributed by atoms with Crippen LogP contribution in [0.15, 0.2) is 24.3 Å². The van der Waals surface area contributed by atoms with Crippen LogP contribution in [0.2, 0.25) is 5.02 Å². The van der Waals surface area contributed by atoms with Crippen molar-refractivity contribution in [2.24, 2.45) is 5.73 Å².